The van der Waals surface area contributed by atoms with E-state index in [1.54, 1.807) is 0 Å². The molecule has 0 atom stereocenters. The summed E-state index contributed by atoms with van der Waals surface area (Å²) < 4.78 is 0. The Hall–Kier alpha value is -0.720. The number of dihydropyridines is 1. The first kappa shape index (κ1) is 5.42. The molecule has 43 valence electrons. The maximum atomic E-state index is 3.03. The van der Waals surface area contributed by atoms with Crippen LogP contribution < -0.4 is 5.32 Å². The molecule has 0 aromatic carbocycles. The maximum Gasteiger partial charge on any atom is 0.0613 e. The third-order valence-corrected chi connectivity index (χ3v) is 1.38. The largest absolute Gasteiger partial charge is 0.380 e. The molecule has 0 aromatic heterocycles. The average Bonchev–Trinajstić information content (AvgIpc) is 1.77. The van der Waals surface area contributed by atoms with Crippen molar-refractivity contribution in [2.75, 3.05) is 6.54 Å². The zero-order chi connectivity index (χ0) is 5.98. The summed E-state index contributed by atoms with van der Waals surface area (Å²) in [7, 11) is 0. The molecule has 1 heteroatoms. The lowest BCUT2D eigenvalue weighted by Gasteiger charge is -2.07. The quantitative estimate of drug-likeness (QED) is 0.492. The van der Waals surface area contributed by atoms with Crippen molar-refractivity contribution in [3.05, 3.63) is 23.4 Å². The lowest BCUT2D eigenvalue weighted by atomic mass is 10.1. The molecule has 1 heterocycles. The minimum absolute atomic E-state index is 0.934. The molecule has 0 aromatic rings. The van der Waals surface area contributed by atoms with Gasteiger partial charge < -0.3 is 5.32 Å². The van der Waals surface area contributed by atoms with E-state index in [9.17, 15) is 0 Å². The topological polar surface area (TPSA) is 12.0 Å². The fraction of sp³-hybridized carbons (Fsp3) is 0.429. The van der Waals surface area contributed by atoms with E-state index in [4.69, 9.17) is 0 Å². The Morgan fingerprint density at radius 3 is 2.75 bits per heavy atom. The lowest BCUT2D eigenvalue weighted by molar-refractivity contribution is 0.905. The Labute approximate surface area is 50.1 Å². The van der Waals surface area contributed by atoms with Gasteiger partial charge in [-0.15, -0.1) is 0 Å². The van der Waals surface area contributed by atoms with Gasteiger partial charge in [0.15, 0.2) is 0 Å². The molecule has 8 heavy (non-hydrogen) atoms. The first-order valence-electron chi connectivity index (χ1n) is 2.80. The van der Waals surface area contributed by atoms with Crippen molar-refractivity contribution in [3.63, 3.8) is 0 Å². The summed E-state index contributed by atoms with van der Waals surface area (Å²) in [6.45, 7) is 5.09. The number of allylic oxidation sites excluding steroid dienone is 2. The molecule has 0 bridgehead atoms. The molecular weight excluding hydrogens is 98.1 g/mol. The Bertz CT molecular complexity index is 124. The molecule has 1 aliphatic heterocycles. The van der Waals surface area contributed by atoms with Gasteiger partial charge in [0.2, 0.25) is 0 Å². The summed E-state index contributed by atoms with van der Waals surface area (Å²) in [5.41, 5.74) is 2.56. The first-order valence-corrected chi connectivity index (χ1v) is 2.80. The zero-order valence-electron chi connectivity index (χ0n) is 5.28. The first-order chi connectivity index (χ1) is 3.80. The van der Waals surface area contributed by atoms with Crippen molar-refractivity contribution in [1.82, 2.24) is 5.32 Å². The van der Waals surface area contributed by atoms with E-state index >= 15 is 0 Å². The van der Waals surface area contributed by atoms with Crippen molar-refractivity contribution in [2.45, 2.75) is 13.8 Å². The van der Waals surface area contributed by atoms with Gasteiger partial charge in [0.25, 0.3) is 0 Å². The van der Waals surface area contributed by atoms with Gasteiger partial charge in [-0.05, 0) is 25.0 Å². The summed E-state index contributed by atoms with van der Waals surface area (Å²) in [5, 5.41) is 3.00. The van der Waals surface area contributed by atoms with E-state index in [2.05, 4.69) is 31.4 Å². The van der Waals surface area contributed by atoms with Gasteiger partial charge in [0.1, 0.15) is 0 Å². The third kappa shape index (κ3) is 0.915. The Morgan fingerprint density at radius 1 is 1.62 bits per heavy atom. The summed E-state index contributed by atoms with van der Waals surface area (Å²) in [4.78, 5) is 0. The molecule has 0 saturated heterocycles. The van der Waals surface area contributed by atoms with E-state index in [1.165, 1.54) is 11.1 Å². The molecule has 1 rings (SSSR count). The number of hydrogen-bond donors (Lipinski definition) is 1. The van der Waals surface area contributed by atoms with Crippen molar-refractivity contribution >= 4 is 0 Å². The summed E-state index contributed by atoms with van der Waals surface area (Å²) in [5.74, 6) is 0. The summed E-state index contributed by atoms with van der Waals surface area (Å²) in [6.07, 6.45) is 5.19. The highest BCUT2D eigenvalue weighted by molar-refractivity contribution is 5.26. The van der Waals surface area contributed by atoms with Gasteiger partial charge >= 0.3 is 0 Å². The molecule has 0 aliphatic carbocycles. The fourth-order valence-electron chi connectivity index (χ4n) is 0.639. The third-order valence-electron chi connectivity index (χ3n) is 1.38. The highest BCUT2D eigenvalue weighted by Crippen LogP contribution is 2.07. The molecule has 1 nitrogen and oxygen atoms in total. The minimum Gasteiger partial charge on any atom is -0.380 e. The molecule has 0 spiro atoms. The normalized spacial score (nSPS) is 18.8. The van der Waals surface area contributed by atoms with E-state index in [1.807, 2.05) is 0 Å². The van der Waals surface area contributed by atoms with Crippen molar-refractivity contribution in [1.29, 1.82) is 0 Å². The Morgan fingerprint density at radius 2 is 2.38 bits per heavy atom. The van der Waals surface area contributed by atoms with Crippen LogP contribution in [0.3, 0.4) is 0 Å². The molecule has 0 amide bonds. The summed E-state index contributed by atoms with van der Waals surface area (Å²) >= 11 is 0. The highest BCUT2D eigenvalue weighted by atomic mass is 14.8. The summed E-state index contributed by atoms with van der Waals surface area (Å²) in [6, 6.07) is 0. The van der Waals surface area contributed by atoms with Gasteiger partial charge in [0, 0.05) is 6.54 Å². The number of rotatable bonds is 0. The predicted octanol–water partition coefficient (Wildman–Crippen LogP) is 1.24. The smallest absolute Gasteiger partial charge is 0.0613 e. The molecule has 1 radical (unpaired) electrons. The maximum absolute atomic E-state index is 3.03. The van der Waals surface area contributed by atoms with Crippen molar-refractivity contribution in [2.24, 2.45) is 0 Å². The van der Waals surface area contributed by atoms with Crippen LogP contribution in [0, 0.1) is 6.20 Å². The van der Waals surface area contributed by atoms with E-state index < -0.39 is 0 Å². The predicted molar refractivity (Wildman–Crippen MR) is 34.2 cm³/mol. The zero-order valence-corrected chi connectivity index (χ0v) is 5.28. The molecule has 0 fully saturated rings. The Kier molecular flexibility index (Phi) is 1.38. The molecule has 0 unspecified atom stereocenters. The Balaban J connectivity index is 2.73. The van der Waals surface area contributed by atoms with E-state index in [-0.39, 0.29) is 0 Å². The monoisotopic (exact) mass is 108 g/mol. The second-order valence-corrected chi connectivity index (χ2v) is 2.02. The van der Waals surface area contributed by atoms with Crippen molar-refractivity contribution in [3.8, 4) is 0 Å². The molecule has 1 aliphatic rings. The molecular formula is C7H10N. The SMILES string of the molecule is CC1=[C]NCC=C1C. The van der Waals surface area contributed by atoms with Crippen LogP contribution in [0.25, 0.3) is 0 Å². The van der Waals surface area contributed by atoms with Gasteiger partial charge in [-0.3, -0.25) is 0 Å². The van der Waals surface area contributed by atoms with Crippen LogP contribution in [0.4, 0.5) is 0 Å². The van der Waals surface area contributed by atoms with E-state index in [0.717, 1.165) is 6.54 Å². The highest BCUT2D eigenvalue weighted by Gasteiger charge is 1.95. The second kappa shape index (κ2) is 2.03. The van der Waals surface area contributed by atoms with Gasteiger partial charge in [-0.1, -0.05) is 6.08 Å². The van der Waals surface area contributed by atoms with Crippen LogP contribution in [-0.2, 0) is 0 Å². The van der Waals surface area contributed by atoms with Crippen LogP contribution in [-0.4, -0.2) is 6.54 Å². The van der Waals surface area contributed by atoms with Crippen LogP contribution in [0.1, 0.15) is 13.8 Å². The average molecular weight is 108 g/mol. The van der Waals surface area contributed by atoms with Crippen LogP contribution in [0.15, 0.2) is 17.2 Å². The van der Waals surface area contributed by atoms with E-state index in [0.29, 0.717) is 0 Å². The van der Waals surface area contributed by atoms with Gasteiger partial charge in [0.05, 0.1) is 6.20 Å². The van der Waals surface area contributed by atoms with Crippen LogP contribution in [0.2, 0.25) is 0 Å². The van der Waals surface area contributed by atoms with Gasteiger partial charge in [-0.2, -0.15) is 0 Å². The standard InChI is InChI=1S/C7H10N/c1-6-3-4-8-5-7(6)2/h3,8H,4H2,1-2H3. The minimum atomic E-state index is 0.934. The fourth-order valence-corrected chi connectivity index (χ4v) is 0.639. The van der Waals surface area contributed by atoms with Crippen LogP contribution in [0.5, 0.6) is 0 Å². The molecule has 1 N–H and O–H groups in total. The second-order valence-electron chi connectivity index (χ2n) is 2.02. The number of hydrogen-bond acceptors (Lipinski definition) is 1. The van der Waals surface area contributed by atoms with Crippen molar-refractivity contribution < 1.29 is 0 Å². The number of nitrogens with one attached hydrogen (secondary N) is 1. The van der Waals surface area contributed by atoms with Gasteiger partial charge in [-0.25, -0.2) is 0 Å². The molecule has 0 saturated carbocycles. The van der Waals surface area contributed by atoms with Crippen LogP contribution >= 0.6 is 0 Å². The lowest BCUT2D eigenvalue weighted by Crippen LogP contribution is -2.11.